The molecule has 0 radical (unpaired) electrons. The largest absolute Gasteiger partial charge is 0.348 e. The molecular formula is C22H22Cl2N2O2S2. The molecule has 3 aromatic rings. The maximum absolute atomic E-state index is 13.1. The van der Waals surface area contributed by atoms with Crippen molar-refractivity contribution in [1.29, 1.82) is 0 Å². The fourth-order valence-electron chi connectivity index (χ4n) is 3.69. The number of aryl methyl sites for hydroxylation is 2. The maximum Gasteiger partial charge on any atom is 0.185 e. The Morgan fingerprint density at radius 2 is 1.77 bits per heavy atom. The van der Waals surface area contributed by atoms with E-state index in [0.717, 1.165) is 16.4 Å². The summed E-state index contributed by atoms with van der Waals surface area (Å²) in [4.78, 5) is 7.14. The third-order valence-electron chi connectivity index (χ3n) is 5.65. The minimum Gasteiger partial charge on any atom is -0.348 e. The van der Waals surface area contributed by atoms with E-state index in [9.17, 15) is 8.42 Å². The fraction of sp³-hybridized carbons (Fsp3) is 0.318. The lowest BCUT2D eigenvalue weighted by Gasteiger charge is -2.31. The second kappa shape index (κ2) is 8.50. The van der Waals surface area contributed by atoms with Gasteiger partial charge < -0.3 is 4.90 Å². The van der Waals surface area contributed by atoms with Gasteiger partial charge in [-0.25, -0.2) is 13.4 Å². The van der Waals surface area contributed by atoms with Gasteiger partial charge in [0.1, 0.15) is 0 Å². The van der Waals surface area contributed by atoms with Crippen molar-refractivity contribution in [2.24, 2.45) is 0 Å². The van der Waals surface area contributed by atoms with Crippen LogP contribution in [0, 0.1) is 13.8 Å². The summed E-state index contributed by atoms with van der Waals surface area (Å²) in [5, 5.41) is 3.16. The number of nitrogens with zero attached hydrogens (tertiary/aromatic N) is 2. The molecule has 8 heteroatoms. The molecule has 0 bridgehead atoms. The van der Waals surface area contributed by atoms with E-state index in [0.29, 0.717) is 31.0 Å². The molecule has 4 rings (SSSR count). The number of benzene rings is 2. The number of sulfone groups is 1. The molecule has 1 saturated heterocycles. The summed E-state index contributed by atoms with van der Waals surface area (Å²) in [6.45, 7) is 5.50. The zero-order valence-electron chi connectivity index (χ0n) is 16.7. The van der Waals surface area contributed by atoms with Crippen molar-refractivity contribution in [2.75, 3.05) is 18.0 Å². The predicted octanol–water partition coefficient (Wildman–Crippen LogP) is 6.18. The van der Waals surface area contributed by atoms with E-state index in [1.807, 2.05) is 0 Å². The van der Waals surface area contributed by atoms with Crippen LogP contribution in [-0.2, 0) is 9.84 Å². The highest BCUT2D eigenvalue weighted by molar-refractivity contribution is 7.92. The average molecular weight is 481 g/mol. The molecule has 0 atom stereocenters. The van der Waals surface area contributed by atoms with Gasteiger partial charge in [0.05, 0.1) is 20.9 Å². The molecule has 1 aliphatic rings. The minimum atomic E-state index is -3.50. The van der Waals surface area contributed by atoms with Crippen LogP contribution in [-0.4, -0.2) is 31.7 Å². The van der Waals surface area contributed by atoms with E-state index < -0.39 is 15.1 Å². The quantitative estimate of drug-likeness (QED) is 0.447. The monoisotopic (exact) mass is 480 g/mol. The molecular weight excluding hydrogens is 459 g/mol. The highest BCUT2D eigenvalue weighted by atomic mass is 35.5. The lowest BCUT2D eigenvalue weighted by molar-refractivity contribution is 0.529. The molecule has 0 unspecified atom stereocenters. The number of hydrogen-bond donors (Lipinski definition) is 0. The first-order valence-electron chi connectivity index (χ1n) is 9.73. The second-order valence-electron chi connectivity index (χ2n) is 7.62. The topological polar surface area (TPSA) is 50.3 Å². The van der Waals surface area contributed by atoms with Gasteiger partial charge in [0.15, 0.2) is 15.0 Å². The van der Waals surface area contributed by atoms with Crippen LogP contribution in [0.25, 0.3) is 11.3 Å². The Bertz CT molecular complexity index is 1180. The van der Waals surface area contributed by atoms with E-state index in [-0.39, 0.29) is 9.92 Å². The molecule has 0 saturated carbocycles. The van der Waals surface area contributed by atoms with Crippen LogP contribution in [0.4, 0.5) is 5.13 Å². The molecule has 0 N–H and O–H groups in total. The maximum atomic E-state index is 13.1. The number of anilines is 1. The van der Waals surface area contributed by atoms with E-state index in [2.05, 4.69) is 42.3 Å². The Balaban J connectivity index is 1.47. The molecule has 4 nitrogen and oxygen atoms in total. The normalized spacial score (nSPS) is 15.5. The molecule has 0 spiro atoms. The summed E-state index contributed by atoms with van der Waals surface area (Å²) in [5.74, 6) is 0. The molecule has 1 aliphatic heterocycles. The van der Waals surface area contributed by atoms with Gasteiger partial charge in [-0.3, -0.25) is 0 Å². The highest BCUT2D eigenvalue weighted by Crippen LogP contribution is 2.34. The van der Waals surface area contributed by atoms with Crippen molar-refractivity contribution in [3.63, 3.8) is 0 Å². The lowest BCUT2D eigenvalue weighted by atomic mass is 10.1. The number of hydrogen-bond acceptors (Lipinski definition) is 5. The molecule has 30 heavy (non-hydrogen) atoms. The number of aromatic nitrogens is 1. The van der Waals surface area contributed by atoms with Gasteiger partial charge in [-0.2, -0.15) is 0 Å². The zero-order chi connectivity index (χ0) is 21.5. The van der Waals surface area contributed by atoms with Crippen LogP contribution in [0.15, 0.2) is 46.7 Å². The first kappa shape index (κ1) is 21.6. The summed E-state index contributed by atoms with van der Waals surface area (Å²) in [6.07, 6.45) is 1.08. The summed E-state index contributed by atoms with van der Waals surface area (Å²) >= 11 is 13.7. The Morgan fingerprint density at radius 3 is 2.43 bits per heavy atom. The van der Waals surface area contributed by atoms with Crippen molar-refractivity contribution in [1.82, 2.24) is 4.98 Å². The van der Waals surface area contributed by atoms with Gasteiger partial charge in [-0.1, -0.05) is 35.3 Å². The van der Waals surface area contributed by atoms with Crippen LogP contribution in [0.2, 0.25) is 10.0 Å². The fourth-order valence-corrected chi connectivity index (χ4v) is 7.08. The molecule has 0 aliphatic carbocycles. The van der Waals surface area contributed by atoms with Crippen molar-refractivity contribution in [2.45, 2.75) is 36.8 Å². The van der Waals surface area contributed by atoms with Gasteiger partial charge in [0.2, 0.25) is 0 Å². The van der Waals surface area contributed by atoms with Crippen LogP contribution in [0.5, 0.6) is 0 Å². The highest BCUT2D eigenvalue weighted by Gasteiger charge is 2.33. The van der Waals surface area contributed by atoms with E-state index in [1.165, 1.54) is 23.3 Å². The number of piperidine rings is 1. The molecule has 158 valence electrons. The van der Waals surface area contributed by atoms with Gasteiger partial charge in [-0.15, -0.1) is 11.3 Å². The van der Waals surface area contributed by atoms with Crippen molar-refractivity contribution in [3.05, 3.63) is 63.0 Å². The molecule has 1 fully saturated rings. The van der Waals surface area contributed by atoms with Gasteiger partial charge in [0.25, 0.3) is 0 Å². The standard InChI is InChI=1S/C22H22Cl2N2O2S2/c1-14-3-4-16(11-15(14)2)20-13-29-22(25-20)26-9-7-18(8-10-26)30(27,28)21-6-5-17(23)12-19(21)24/h3-6,11-13,18H,7-10H2,1-2H3. The summed E-state index contributed by atoms with van der Waals surface area (Å²) in [7, 11) is -3.50. The van der Waals surface area contributed by atoms with E-state index in [4.69, 9.17) is 28.2 Å². The predicted molar refractivity (Wildman–Crippen MR) is 126 cm³/mol. The summed E-state index contributed by atoms with van der Waals surface area (Å²) in [6, 6.07) is 10.9. The third-order valence-corrected chi connectivity index (χ3v) is 9.53. The van der Waals surface area contributed by atoms with Crippen molar-refractivity contribution in [3.8, 4) is 11.3 Å². The molecule has 0 amide bonds. The van der Waals surface area contributed by atoms with Crippen molar-refractivity contribution < 1.29 is 8.42 Å². The van der Waals surface area contributed by atoms with E-state index in [1.54, 1.807) is 17.4 Å². The second-order valence-corrected chi connectivity index (χ2v) is 11.5. The number of halogens is 2. The first-order chi connectivity index (χ1) is 14.3. The number of thiazole rings is 1. The zero-order valence-corrected chi connectivity index (χ0v) is 19.9. The molecule has 2 aromatic carbocycles. The average Bonchev–Trinajstić information content (AvgIpc) is 3.20. The smallest absolute Gasteiger partial charge is 0.185 e. The SMILES string of the molecule is Cc1ccc(-c2csc(N3CCC(S(=O)(=O)c4ccc(Cl)cc4Cl)CC3)n2)cc1C. The van der Waals surface area contributed by atoms with Crippen molar-refractivity contribution >= 4 is 49.5 Å². The van der Waals surface area contributed by atoms with Gasteiger partial charge in [-0.05, 0) is 62.1 Å². The summed E-state index contributed by atoms with van der Waals surface area (Å²) in [5.41, 5.74) is 4.57. The Hall–Kier alpha value is -1.60. The Morgan fingerprint density at radius 1 is 1.03 bits per heavy atom. The Labute approximate surface area is 191 Å². The van der Waals surface area contributed by atoms with Crippen LogP contribution in [0.1, 0.15) is 24.0 Å². The third kappa shape index (κ3) is 4.24. The minimum absolute atomic E-state index is 0.165. The van der Waals surface area contributed by atoms with Crippen LogP contribution >= 0.6 is 34.5 Å². The van der Waals surface area contributed by atoms with E-state index >= 15 is 0 Å². The van der Waals surface area contributed by atoms with Crippen LogP contribution in [0.3, 0.4) is 0 Å². The van der Waals surface area contributed by atoms with Crippen LogP contribution < -0.4 is 4.90 Å². The summed E-state index contributed by atoms with van der Waals surface area (Å²) < 4.78 is 26.1. The van der Waals surface area contributed by atoms with Gasteiger partial charge in [0, 0.05) is 29.1 Å². The lowest BCUT2D eigenvalue weighted by Crippen LogP contribution is -2.39. The molecule has 1 aromatic heterocycles. The first-order valence-corrected chi connectivity index (χ1v) is 12.9. The Kier molecular flexibility index (Phi) is 6.13. The van der Waals surface area contributed by atoms with Gasteiger partial charge >= 0.3 is 0 Å². The molecule has 2 heterocycles. The number of rotatable bonds is 4.